The minimum absolute atomic E-state index is 0.0377. The molecular weight excluding hydrogens is 1040 g/mol. The summed E-state index contributed by atoms with van der Waals surface area (Å²) in [6.45, 7) is 19.0. The van der Waals surface area contributed by atoms with Gasteiger partial charge in [0.2, 0.25) is 0 Å². The summed E-state index contributed by atoms with van der Waals surface area (Å²) in [4.78, 5) is 5.51. The van der Waals surface area contributed by atoms with E-state index in [0.717, 1.165) is 44.2 Å². The molecule has 12 aromatic rings. The van der Waals surface area contributed by atoms with Gasteiger partial charge in [-0.2, -0.15) is 0 Å². The number of benzene rings is 11. The van der Waals surface area contributed by atoms with Gasteiger partial charge in [0, 0.05) is 50.3 Å². The molecule has 0 saturated carbocycles. The van der Waals surface area contributed by atoms with Crippen LogP contribution in [0.2, 0.25) is 0 Å². The highest BCUT2D eigenvalue weighted by Crippen LogP contribution is 2.54. The Bertz CT molecular complexity index is 4360. The van der Waals surface area contributed by atoms with Gasteiger partial charge in [0.15, 0.2) is 0 Å². The minimum atomic E-state index is -0.227. The van der Waals surface area contributed by atoms with Crippen molar-refractivity contribution in [3.63, 3.8) is 0 Å². The zero-order chi connectivity index (χ0) is 58.8. The van der Waals surface area contributed by atoms with Crippen LogP contribution < -0.4 is 26.2 Å². The number of fused-ring (bicyclic) bond motifs is 7. The van der Waals surface area contributed by atoms with Crippen molar-refractivity contribution in [3.05, 3.63) is 265 Å². The van der Waals surface area contributed by atoms with Crippen LogP contribution in [0.15, 0.2) is 243 Å². The van der Waals surface area contributed by atoms with Crippen molar-refractivity contribution in [2.24, 2.45) is 0 Å². The van der Waals surface area contributed by atoms with E-state index in [1.807, 2.05) is 0 Å². The Balaban J connectivity index is 1.16. The number of rotatable bonds is 13. The van der Waals surface area contributed by atoms with Crippen molar-refractivity contribution >= 4 is 79.0 Å². The Hall–Kier alpha value is -9.12. The molecule has 11 aromatic carbocycles. The van der Waals surface area contributed by atoms with Gasteiger partial charge in [-0.15, -0.1) is 0 Å². The molecule has 0 amide bonds. The lowest BCUT2D eigenvalue weighted by Gasteiger charge is -2.47. The van der Waals surface area contributed by atoms with E-state index in [2.05, 4.69) is 312 Å². The lowest BCUT2D eigenvalue weighted by molar-refractivity contribution is 0.587. The Morgan fingerprint density at radius 3 is 1.30 bits per heavy atom. The number of anilines is 6. The summed E-state index contributed by atoms with van der Waals surface area (Å²) in [5, 5.41) is 2.53. The summed E-state index contributed by atoms with van der Waals surface area (Å²) < 4.78 is 2.52. The minimum Gasteiger partial charge on any atom is -0.311 e. The van der Waals surface area contributed by atoms with Crippen LogP contribution in [0.25, 0.3) is 72.0 Å². The van der Waals surface area contributed by atoms with E-state index in [-0.39, 0.29) is 17.5 Å². The lowest BCUT2D eigenvalue weighted by Crippen LogP contribution is -2.61. The third kappa shape index (κ3) is 9.55. The van der Waals surface area contributed by atoms with Gasteiger partial charge in [-0.3, -0.25) is 0 Å². The monoisotopic (exact) mass is 1110 g/mol. The molecule has 3 heterocycles. The van der Waals surface area contributed by atoms with Crippen LogP contribution in [0, 0.1) is 0 Å². The van der Waals surface area contributed by atoms with E-state index < -0.39 is 0 Å². The first kappa shape index (κ1) is 54.8. The Morgan fingerprint density at radius 2 is 0.802 bits per heavy atom. The van der Waals surface area contributed by atoms with Gasteiger partial charge in [-0.1, -0.05) is 256 Å². The zero-order valence-corrected chi connectivity index (χ0v) is 51.3. The van der Waals surface area contributed by atoms with Gasteiger partial charge in [0.1, 0.15) is 0 Å². The molecule has 0 radical (unpaired) electrons. The predicted octanol–water partition coefficient (Wildman–Crippen LogP) is 20.8. The highest BCUT2D eigenvalue weighted by Gasteiger charge is 2.46. The maximum absolute atomic E-state index is 2.80. The van der Waals surface area contributed by atoms with Crippen LogP contribution in [-0.2, 0) is 23.7 Å². The summed E-state index contributed by atoms with van der Waals surface area (Å²) in [6.07, 6.45) is 6.41. The van der Waals surface area contributed by atoms with Crippen molar-refractivity contribution in [1.82, 2.24) is 4.57 Å². The van der Waals surface area contributed by atoms with Gasteiger partial charge in [0.25, 0.3) is 6.71 Å². The number of nitrogens with zero attached hydrogens (tertiary/aromatic N) is 3. The highest BCUT2D eigenvalue weighted by atomic mass is 15.2. The standard InChI is InChI=1S/C82H76BN3/c1-9-11-29-60-47-63(81(3,4)5)48-61(30-12-10-2)79(60)86-75-54-65(84-72-41-27-25-39-66(72)67-40-26-28-42-73(67)84)44-45-70(75)83-71-51-59(55-31-17-13-18-32-55)43-46-74(71)85(76-52-64(82(6,7)8)53-77(86)78(76)83)80-68(57-35-21-15-22-36-57)49-62(56-33-19-14-20-34-56)50-69(80)58-37-23-16-24-38-58/h13-28,31-54H,9-12,29-30H2,1-8H3. The maximum Gasteiger partial charge on any atom is 0.252 e. The van der Waals surface area contributed by atoms with Crippen LogP contribution in [-0.4, -0.2) is 11.3 Å². The average molecular weight is 1110 g/mol. The van der Waals surface area contributed by atoms with Crippen molar-refractivity contribution in [1.29, 1.82) is 0 Å². The van der Waals surface area contributed by atoms with E-state index in [1.54, 1.807) is 0 Å². The molecule has 14 rings (SSSR count). The van der Waals surface area contributed by atoms with Crippen molar-refractivity contribution in [2.45, 2.75) is 105 Å². The Morgan fingerprint density at radius 1 is 0.349 bits per heavy atom. The van der Waals surface area contributed by atoms with Crippen LogP contribution >= 0.6 is 0 Å². The molecule has 0 aliphatic carbocycles. The first-order chi connectivity index (χ1) is 41.9. The fourth-order valence-corrected chi connectivity index (χ4v) is 14.0. The molecule has 0 spiro atoms. The Kier molecular flexibility index (Phi) is 14.1. The fraction of sp³-hybridized carbons (Fsp3) is 0.195. The van der Waals surface area contributed by atoms with Crippen LogP contribution in [0.1, 0.15) is 103 Å². The lowest BCUT2D eigenvalue weighted by atomic mass is 9.33. The van der Waals surface area contributed by atoms with Crippen LogP contribution in [0.4, 0.5) is 34.1 Å². The molecule has 0 atom stereocenters. The molecule has 0 bridgehead atoms. The van der Waals surface area contributed by atoms with Gasteiger partial charge >= 0.3 is 0 Å². The average Bonchev–Trinajstić information content (AvgIpc) is 0.815. The molecule has 3 nitrogen and oxygen atoms in total. The molecule has 422 valence electrons. The second-order valence-corrected chi connectivity index (χ2v) is 26.2. The quantitative estimate of drug-likeness (QED) is 0.107. The molecule has 0 fully saturated rings. The predicted molar refractivity (Wildman–Crippen MR) is 371 cm³/mol. The Labute approximate surface area is 510 Å². The number of aryl methyl sites for hydroxylation is 2. The first-order valence-electron chi connectivity index (χ1n) is 31.5. The van der Waals surface area contributed by atoms with Crippen molar-refractivity contribution < 1.29 is 0 Å². The molecule has 0 saturated heterocycles. The molecule has 2 aliphatic heterocycles. The summed E-state index contributed by atoms with van der Waals surface area (Å²) in [5.74, 6) is 0. The number of para-hydroxylation sites is 2. The van der Waals surface area contributed by atoms with E-state index in [4.69, 9.17) is 0 Å². The van der Waals surface area contributed by atoms with Crippen LogP contribution in [0.3, 0.4) is 0 Å². The highest BCUT2D eigenvalue weighted by molar-refractivity contribution is 7.00. The first-order valence-corrected chi connectivity index (χ1v) is 31.5. The normalized spacial score (nSPS) is 12.9. The summed E-state index contributed by atoms with van der Waals surface area (Å²) in [5.41, 5.74) is 29.8. The van der Waals surface area contributed by atoms with Gasteiger partial charge in [0.05, 0.1) is 22.4 Å². The molecule has 2 aliphatic rings. The second kappa shape index (κ2) is 22.1. The largest absolute Gasteiger partial charge is 0.311 e. The summed E-state index contributed by atoms with van der Waals surface area (Å²) in [6, 6.07) is 92.5. The van der Waals surface area contributed by atoms with Crippen molar-refractivity contribution in [2.75, 3.05) is 9.80 Å². The van der Waals surface area contributed by atoms with Crippen LogP contribution in [0.5, 0.6) is 0 Å². The summed E-state index contributed by atoms with van der Waals surface area (Å²) >= 11 is 0. The SMILES string of the molecule is CCCCc1cc(C(C)(C)C)cc(CCCC)c1N1c2cc(-n3c4ccccc4c4ccccc43)ccc2B2c3cc(-c4ccccc4)ccc3N(c3c(-c4ccccc4)cc(-c4ccccc4)cc3-c3ccccc3)c3cc(C(C)(C)C)cc1c32. The maximum atomic E-state index is 2.80. The number of unbranched alkanes of at least 4 members (excludes halogenated alkanes) is 2. The molecule has 0 unspecified atom stereocenters. The zero-order valence-electron chi connectivity index (χ0n) is 51.3. The van der Waals surface area contributed by atoms with E-state index in [0.29, 0.717) is 0 Å². The molecule has 0 N–H and O–H groups in total. The second-order valence-electron chi connectivity index (χ2n) is 26.2. The third-order valence-corrected chi connectivity index (χ3v) is 18.4. The third-order valence-electron chi connectivity index (χ3n) is 18.4. The summed E-state index contributed by atoms with van der Waals surface area (Å²) in [7, 11) is 0. The molecule has 4 heteroatoms. The molecular formula is C82H76BN3. The van der Waals surface area contributed by atoms with E-state index in [9.17, 15) is 0 Å². The number of hydrogen-bond donors (Lipinski definition) is 0. The number of aromatic nitrogens is 1. The topological polar surface area (TPSA) is 11.4 Å². The van der Waals surface area contributed by atoms with Crippen molar-refractivity contribution in [3.8, 4) is 50.2 Å². The van der Waals surface area contributed by atoms with Gasteiger partial charge in [-0.25, -0.2) is 0 Å². The molecule has 86 heavy (non-hydrogen) atoms. The fourth-order valence-electron chi connectivity index (χ4n) is 14.0. The van der Waals surface area contributed by atoms with Gasteiger partial charge < -0.3 is 14.4 Å². The van der Waals surface area contributed by atoms with E-state index in [1.165, 1.54) is 139 Å². The number of hydrogen-bond acceptors (Lipinski definition) is 2. The van der Waals surface area contributed by atoms with E-state index >= 15 is 0 Å². The molecule has 1 aromatic heterocycles. The smallest absolute Gasteiger partial charge is 0.252 e. The van der Waals surface area contributed by atoms with Gasteiger partial charge in [-0.05, 0) is 163 Å².